The third kappa shape index (κ3) is 6.40. The minimum absolute atomic E-state index is 0.0418. The predicted molar refractivity (Wildman–Crippen MR) is 109 cm³/mol. The van der Waals surface area contributed by atoms with Crippen molar-refractivity contribution in [3.63, 3.8) is 0 Å². The van der Waals surface area contributed by atoms with Gasteiger partial charge < -0.3 is 10.2 Å². The largest absolute Gasteiger partial charge is 0.349 e. The van der Waals surface area contributed by atoms with E-state index >= 15 is 0 Å². The van der Waals surface area contributed by atoms with Crippen LogP contribution in [0.2, 0.25) is 5.02 Å². The highest BCUT2D eigenvalue weighted by Crippen LogP contribution is 2.21. The van der Waals surface area contributed by atoms with Crippen molar-refractivity contribution in [3.8, 4) is 6.07 Å². The van der Waals surface area contributed by atoms with E-state index in [0.717, 1.165) is 17.5 Å². The average molecular weight is 398 g/mol. The van der Waals surface area contributed by atoms with Crippen LogP contribution < -0.4 is 5.32 Å². The molecule has 0 aliphatic heterocycles. The summed E-state index contributed by atoms with van der Waals surface area (Å²) in [7, 11) is 0. The number of halogens is 1. The first kappa shape index (κ1) is 21.5. The van der Waals surface area contributed by atoms with Gasteiger partial charge in [-0.2, -0.15) is 5.26 Å². The fraction of sp³-hybridized carbons (Fsp3) is 0.318. The van der Waals surface area contributed by atoms with Gasteiger partial charge in [0.15, 0.2) is 0 Å². The van der Waals surface area contributed by atoms with E-state index in [1.165, 1.54) is 6.92 Å². The number of nitriles is 1. The highest BCUT2D eigenvalue weighted by Gasteiger charge is 2.21. The van der Waals surface area contributed by atoms with E-state index in [4.69, 9.17) is 16.9 Å². The number of hydrogen-bond donors (Lipinski definition) is 1. The Hall–Kier alpha value is -2.84. The van der Waals surface area contributed by atoms with Crippen LogP contribution in [-0.4, -0.2) is 23.3 Å². The van der Waals surface area contributed by atoms with Crippen molar-refractivity contribution in [3.05, 3.63) is 70.2 Å². The second-order valence-electron chi connectivity index (χ2n) is 6.63. The van der Waals surface area contributed by atoms with Gasteiger partial charge in [-0.3, -0.25) is 9.59 Å². The monoisotopic (exact) mass is 397 g/mol. The van der Waals surface area contributed by atoms with E-state index in [-0.39, 0.29) is 18.2 Å². The van der Waals surface area contributed by atoms with Gasteiger partial charge >= 0.3 is 0 Å². The first-order valence-electron chi connectivity index (χ1n) is 9.22. The lowest BCUT2D eigenvalue weighted by molar-refractivity contribution is -0.132. The van der Waals surface area contributed by atoms with E-state index in [2.05, 4.69) is 11.4 Å². The van der Waals surface area contributed by atoms with Gasteiger partial charge in [-0.05, 0) is 41.8 Å². The zero-order valence-electron chi connectivity index (χ0n) is 16.1. The molecule has 6 heteroatoms. The third-order valence-corrected chi connectivity index (χ3v) is 4.58. The fourth-order valence-electron chi connectivity index (χ4n) is 2.96. The molecular weight excluding hydrogens is 374 g/mol. The summed E-state index contributed by atoms with van der Waals surface area (Å²) in [6.07, 6.45) is 0.991. The zero-order valence-corrected chi connectivity index (χ0v) is 16.9. The first-order chi connectivity index (χ1) is 13.4. The molecule has 1 unspecified atom stereocenters. The molecule has 2 aromatic carbocycles. The minimum atomic E-state index is -0.414. The Morgan fingerprint density at radius 1 is 1.14 bits per heavy atom. The average Bonchev–Trinajstić information content (AvgIpc) is 2.68. The number of hydrogen-bond acceptors (Lipinski definition) is 3. The second-order valence-corrected chi connectivity index (χ2v) is 7.07. The summed E-state index contributed by atoms with van der Waals surface area (Å²) in [5, 5.41) is 12.4. The molecule has 0 heterocycles. The summed E-state index contributed by atoms with van der Waals surface area (Å²) in [6.45, 7) is 4.54. The molecule has 2 rings (SSSR count). The molecule has 1 atom stereocenters. The van der Waals surface area contributed by atoms with Crippen molar-refractivity contribution >= 4 is 23.4 Å². The standard InChI is InChI=1S/C22H24ClN3O2/c1-3-12-26(15-18-6-4-17(14-24)5-7-18)22(28)13-21(25-16(2)27)19-8-10-20(23)11-9-19/h4-11,21H,3,12-13,15H2,1-2H3,(H,25,27). The Bertz CT molecular complexity index is 842. The molecule has 0 fully saturated rings. The van der Waals surface area contributed by atoms with E-state index < -0.39 is 6.04 Å². The van der Waals surface area contributed by atoms with E-state index in [9.17, 15) is 9.59 Å². The van der Waals surface area contributed by atoms with Gasteiger partial charge in [-0.1, -0.05) is 42.8 Å². The number of nitrogens with zero attached hydrogens (tertiary/aromatic N) is 2. The number of carbonyl (C=O) groups excluding carboxylic acids is 2. The van der Waals surface area contributed by atoms with Crippen molar-refractivity contribution in [1.29, 1.82) is 5.26 Å². The maximum atomic E-state index is 13.0. The maximum Gasteiger partial charge on any atom is 0.225 e. The van der Waals surface area contributed by atoms with Crippen LogP contribution in [0.5, 0.6) is 0 Å². The Labute approximate surface area is 170 Å². The van der Waals surface area contributed by atoms with E-state index in [1.807, 2.05) is 31.2 Å². The number of amides is 2. The SMILES string of the molecule is CCCN(Cc1ccc(C#N)cc1)C(=O)CC(NC(C)=O)c1ccc(Cl)cc1. The van der Waals surface area contributed by atoms with Crippen LogP contribution >= 0.6 is 11.6 Å². The van der Waals surface area contributed by atoms with Crippen LogP contribution in [0.3, 0.4) is 0 Å². The van der Waals surface area contributed by atoms with Crippen LogP contribution in [-0.2, 0) is 16.1 Å². The highest BCUT2D eigenvalue weighted by molar-refractivity contribution is 6.30. The number of nitrogens with one attached hydrogen (secondary N) is 1. The van der Waals surface area contributed by atoms with E-state index in [0.29, 0.717) is 23.7 Å². The highest BCUT2D eigenvalue weighted by atomic mass is 35.5. The molecule has 0 aromatic heterocycles. The van der Waals surface area contributed by atoms with Crippen molar-refractivity contribution in [2.24, 2.45) is 0 Å². The molecule has 0 bridgehead atoms. The van der Waals surface area contributed by atoms with E-state index in [1.54, 1.807) is 29.2 Å². The summed E-state index contributed by atoms with van der Waals surface area (Å²) in [4.78, 5) is 26.4. The second kappa shape index (κ2) is 10.5. The summed E-state index contributed by atoms with van der Waals surface area (Å²) in [6, 6.07) is 16.0. The minimum Gasteiger partial charge on any atom is -0.349 e. The summed E-state index contributed by atoms with van der Waals surface area (Å²) < 4.78 is 0. The first-order valence-corrected chi connectivity index (χ1v) is 9.60. The van der Waals surface area contributed by atoms with Crippen molar-refractivity contribution in [2.45, 2.75) is 39.3 Å². The van der Waals surface area contributed by atoms with Gasteiger partial charge in [-0.25, -0.2) is 0 Å². The lowest BCUT2D eigenvalue weighted by Crippen LogP contribution is -2.36. The van der Waals surface area contributed by atoms with Crippen LogP contribution in [0, 0.1) is 11.3 Å². The maximum absolute atomic E-state index is 13.0. The topological polar surface area (TPSA) is 73.2 Å². The molecule has 2 amide bonds. The predicted octanol–water partition coefficient (Wildman–Crippen LogP) is 4.22. The van der Waals surface area contributed by atoms with Crippen LogP contribution in [0.4, 0.5) is 0 Å². The Morgan fingerprint density at radius 2 is 1.79 bits per heavy atom. The molecule has 0 aliphatic carbocycles. The van der Waals surface area contributed by atoms with Gasteiger partial charge in [-0.15, -0.1) is 0 Å². The molecule has 0 saturated carbocycles. The van der Waals surface area contributed by atoms with Gasteiger partial charge in [0.2, 0.25) is 11.8 Å². The molecule has 1 N–H and O–H groups in total. The molecule has 0 saturated heterocycles. The van der Waals surface area contributed by atoms with Gasteiger partial charge in [0, 0.05) is 25.0 Å². The van der Waals surface area contributed by atoms with Crippen molar-refractivity contribution in [2.75, 3.05) is 6.54 Å². The van der Waals surface area contributed by atoms with Gasteiger partial charge in [0.05, 0.1) is 24.1 Å². The lowest BCUT2D eigenvalue weighted by Gasteiger charge is -2.26. The number of carbonyl (C=O) groups is 2. The molecule has 0 spiro atoms. The third-order valence-electron chi connectivity index (χ3n) is 4.33. The molecular formula is C22H24ClN3O2. The number of benzene rings is 2. The summed E-state index contributed by atoms with van der Waals surface area (Å²) in [5.41, 5.74) is 2.39. The molecule has 5 nitrogen and oxygen atoms in total. The quantitative estimate of drug-likeness (QED) is 0.724. The molecule has 0 radical (unpaired) electrons. The normalized spacial score (nSPS) is 11.4. The Balaban J connectivity index is 2.15. The van der Waals surface area contributed by atoms with Gasteiger partial charge in [0.25, 0.3) is 0 Å². The Morgan fingerprint density at radius 3 is 2.32 bits per heavy atom. The van der Waals surface area contributed by atoms with Gasteiger partial charge in [0.1, 0.15) is 0 Å². The molecule has 2 aromatic rings. The van der Waals surface area contributed by atoms with Crippen LogP contribution in [0.25, 0.3) is 0 Å². The zero-order chi connectivity index (χ0) is 20.5. The van der Waals surface area contributed by atoms with Crippen molar-refractivity contribution < 1.29 is 9.59 Å². The lowest BCUT2D eigenvalue weighted by atomic mass is 10.0. The molecule has 0 aliphatic rings. The van der Waals surface area contributed by atoms with Crippen molar-refractivity contribution in [1.82, 2.24) is 10.2 Å². The fourth-order valence-corrected chi connectivity index (χ4v) is 3.09. The molecule has 146 valence electrons. The Kier molecular flexibility index (Phi) is 8.03. The molecule has 28 heavy (non-hydrogen) atoms. The summed E-state index contributed by atoms with van der Waals surface area (Å²) >= 11 is 5.95. The number of rotatable bonds is 8. The summed E-state index contributed by atoms with van der Waals surface area (Å²) in [5.74, 6) is -0.234. The van der Waals surface area contributed by atoms with Crippen LogP contribution in [0.1, 0.15) is 49.4 Å². The smallest absolute Gasteiger partial charge is 0.225 e. The van der Waals surface area contributed by atoms with Crippen LogP contribution in [0.15, 0.2) is 48.5 Å².